The van der Waals surface area contributed by atoms with Gasteiger partial charge in [0.25, 0.3) is 0 Å². The molecule has 0 fully saturated rings. The Balaban J connectivity index is 3.02. The summed E-state index contributed by atoms with van der Waals surface area (Å²) in [4.78, 5) is 12.0. The molecule has 0 radical (unpaired) electrons. The molecule has 2 nitrogen and oxygen atoms in total. The van der Waals surface area contributed by atoms with Crippen LogP contribution in [0.5, 0.6) is 5.75 Å². The van der Waals surface area contributed by atoms with Crippen molar-refractivity contribution < 1.29 is 9.53 Å². The third-order valence-electron chi connectivity index (χ3n) is 2.18. The van der Waals surface area contributed by atoms with Gasteiger partial charge in [-0.2, -0.15) is 0 Å². The molecule has 0 saturated carbocycles. The number of ether oxygens (including phenoxy) is 1. The minimum atomic E-state index is -0.355. The SMILES string of the molecule is CCOc1ccc(C(=O)C(C)(C)C)cc1Br. The van der Waals surface area contributed by atoms with Crippen LogP contribution in [0.1, 0.15) is 38.1 Å². The Hall–Kier alpha value is -0.830. The van der Waals surface area contributed by atoms with Crippen molar-refractivity contribution in [2.75, 3.05) is 6.61 Å². The number of carbonyl (C=O) groups is 1. The van der Waals surface area contributed by atoms with E-state index < -0.39 is 0 Å². The quantitative estimate of drug-likeness (QED) is 0.782. The Morgan fingerprint density at radius 3 is 2.44 bits per heavy atom. The maximum absolute atomic E-state index is 12.0. The van der Waals surface area contributed by atoms with E-state index in [1.54, 1.807) is 0 Å². The van der Waals surface area contributed by atoms with Crippen LogP contribution in [-0.2, 0) is 0 Å². The Morgan fingerprint density at radius 2 is 2.00 bits per heavy atom. The molecule has 0 saturated heterocycles. The van der Waals surface area contributed by atoms with Gasteiger partial charge in [-0.05, 0) is 41.1 Å². The normalized spacial score (nSPS) is 11.3. The minimum Gasteiger partial charge on any atom is -0.493 e. The summed E-state index contributed by atoms with van der Waals surface area (Å²) in [5, 5.41) is 0. The number of carbonyl (C=O) groups excluding carboxylic acids is 1. The van der Waals surface area contributed by atoms with E-state index in [9.17, 15) is 4.79 Å². The molecule has 0 spiro atoms. The molecular formula is C13H17BrO2. The van der Waals surface area contributed by atoms with Crippen molar-refractivity contribution in [2.45, 2.75) is 27.7 Å². The molecule has 3 heteroatoms. The zero-order valence-corrected chi connectivity index (χ0v) is 11.7. The van der Waals surface area contributed by atoms with Crippen molar-refractivity contribution in [3.8, 4) is 5.75 Å². The summed E-state index contributed by atoms with van der Waals surface area (Å²) in [5.41, 5.74) is 0.356. The lowest BCUT2D eigenvalue weighted by Gasteiger charge is -2.17. The zero-order valence-electron chi connectivity index (χ0n) is 10.1. The third-order valence-corrected chi connectivity index (χ3v) is 2.79. The van der Waals surface area contributed by atoms with Crippen LogP contribution in [0.25, 0.3) is 0 Å². The molecule has 0 atom stereocenters. The lowest BCUT2D eigenvalue weighted by molar-refractivity contribution is 0.0858. The van der Waals surface area contributed by atoms with Crippen LogP contribution in [0.2, 0.25) is 0 Å². The number of hydrogen-bond acceptors (Lipinski definition) is 2. The molecule has 1 aromatic carbocycles. The first-order valence-electron chi connectivity index (χ1n) is 5.33. The van der Waals surface area contributed by atoms with E-state index in [0.29, 0.717) is 12.2 Å². The highest BCUT2D eigenvalue weighted by Gasteiger charge is 2.23. The molecule has 0 aliphatic heterocycles. The van der Waals surface area contributed by atoms with Crippen LogP contribution in [0.3, 0.4) is 0 Å². The fourth-order valence-electron chi connectivity index (χ4n) is 1.35. The number of hydrogen-bond donors (Lipinski definition) is 0. The van der Waals surface area contributed by atoms with Crippen LogP contribution in [0.4, 0.5) is 0 Å². The van der Waals surface area contributed by atoms with E-state index in [0.717, 1.165) is 10.2 Å². The predicted octanol–water partition coefficient (Wildman–Crippen LogP) is 4.08. The van der Waals surface area contributed by atoms with Crippen LogP contribution in [0.15, 0.2) is 22.7 Å². The summed E-state index contributed by atoms with van der Waals surface area (Å²) in [6.07, 6.45) is 0. The zero-order chi connectivity index (χ0) is 12.3. The summed E-state index contributed by atoms with van der Waals surface area (Å²) in [6.45, 7) is 8.30. The first kappa shape index (κ1) is 13.2. The lowest BCUT2D eigenvalue weighted by Crippen LogP contribution is -2.20. The van der Waals surface area contributed by atoms with Gasteiger partial charge in [-0.3, -0.25) is 4.79 Å². The molecule has 0 aliphatic rings. The van der Waals surface area contributed by atoms with Gasteiger partial charge in [0.15, 0.2) is 5.78 Å². The van der Waals surface area contributed by atoms with Crippen molar-refractivity contribution in [3.05, 3.63) is 28.2 Å². The van der Waals surface area contributed by atoms with E-state index in [1.807, 2.05) is 45.9 Å². The van der Waals surface area contributed by atoms with Gasteiger partial charge in [0, 0.05) is 11.0 Å². The van der Waals surface area contributed by atoms with Crippen molar-refractivity contribution in [3.63, 3.8) is 0 Å². The monoisotopic (exact) mass is 284 g/mol. The molecule has 0 aromatic heterocycles. The third kappa shape index (κ3) is 3.08. The van der Waals surface area contributed by atoms with Crippen molar-refractivity contribution in [1.82, 2.24) is 0 Å². The van der Waals surface area contributed by atoms with Gasteiger partial charge in [-0.15, -0.1) is 0 Å². The Labute approximate surface area is 105 Å². The van der Waals surface area contributed by atoms with E-state index in [4.69, 9.17) is 4.74 Å². The molecular weight excluding hydrogens is 268 g/mol. The van der Waals surface area contributed by atoms with Gasteiger partial charge in [0.05, 0.1) is 11.1 Å². The largest absolute Gasteiger partial charge is 0.493 e. The summed E-state index contributed by atoms with van der Waals surface area (Å²) in [7, 11) is 0. The summed E-state index contributed by atoms with van der Waals surface area (Å²) < 4.78 is 6.22. The predicted molar refractivity (Wildman–Crippen MR) is 69.1 cm³/mol. The number of halogens is 1. The van der Waals surface area contributed by atoms with Gasteiger partial charge in [-0.25, -0.2) is 0 Å². The van der Waals surface area contributed by atoms with Gasteiger partial charge in [0.1, 0.15) is 5.75 Å². The van der Waals surface area contributed by atoms with Crippen molar-refractivity contribution in [1.29, 1.82) is 0 Å². The van der Waals surface area contributed by atoms with E-state index in [1.165, 1.54) is 0 Å². The topological polar surface area (TPSA) is 26.3 Å². The van der Waals surface area contributed by atoms with Gasteiger partial charge in [-0.1, -0.05) is 20.8 Å². The molecule has 0 aliphatic carbocycles. The maximum Gasteiger partial charge on any atom is 0.168 e. The fraction of sp³-hybridized carbons (Fsp3) is 0.462. The van der Waals surface area contributed by atoms with E-state index in [-0.39, 0.29) is 11.2 Å². The first-order valence-corrected chi connectivity index (χ1v) is 6.12. The smallest absolute Gasteiger partial charge is 0.168 e. The Kier molecular flexibility index (Phi) is 4.14. The Morgan fingerprint density at radius 1 is 1.38 bits per heavy atom. The highest BCUT2D eigenvalue weighted by Crippen LogP contribution is 2.29. The Bertz CT molecular complexity index is 391. The second-order valence-electron chi connectivity index (χ2n) is 4.66. The number of ketones is 1. The highest BCUT2D eigenvalue weighted by molar-refractivity contribution is 9.10. The van der Waals surface area contributed by atoms with E-state index >= 15 is 0 Å². The number of benzene rings is 1. The molecule has 0 amide bonds. The average molecular weight is 285 g/mol. The van der Waals surface area contributed by atoms with Crippen LogP contribution in [0, 0.1) is 5.41 Å². The molecule has 0 heterocycles. The van der Waals surface area contributed by atoms with Crippen LogP contribution >= 0.6 is 15.9 Å². The van der Waals surface area contributed by atoms with E-state index in [2.05, 4.69) is 15.9 Å². The van der Waals surface area contributed by atoms with Gasteiger partial charge < -0.3 is 4.74 Å². The first-order chi connectivity index (χ1) is 7.36. The summed E-state index contributed by atoms with van der Waals surface area (Å²) in [6, 6.07) is 5.45. The second-order valence-corrected chi connectivity index (χ2v) is 5.51. The second kappa shape index (κ2) is 5.00. The molecule has 0 unspecified atom stereocenters. The standard InChI is InChI=1S/C13H17BrO2/c1-5-16-11-7-6-9(8-10(11)14)12(15)13(2,3)4/h6-8H,5H2,1-4H3. The summed E-state index contributed by atoms with van der Waals surface area (Å²) in [5.74, 6) is 0.907. The van der Waals surface area contributed by atoms with Crippen molar-refractivity contribution in [2.24, 2.45) is 5.41 Å². The molecule has 16 heavy (non-hydrogen) atoms. The minimum absolute atomic E-state index is 0.135. The molecule has 88 valence electrons. The van der Waals surface area contributed by atoms with Crippen LogP contribution in [-0.4, -0.2) is 12.4 Å². The number of rotatable bonds is 3. The van der Waals surface area contributed by atoms with Gasteiger partial charge >= 0.3 is 0 Å². The average Bonchev–Trinajstić information content (AvgIpc) is 2.19. The van der Waals surface area contributed by atoms with Crippen molar-refractivity contribution >= 4 is 21.7 Å². The lowest BCUT2D eigenvalue weighted by atomic mass is 9.86. The van der Waals surface area contributed by atoms with Crippen LogP contribution < -0.4 is 4.74 Å². The molecule has 1 aromatic rings. The highest BCUT2D eigenvalue weighted by atomic mass is 79.9. The molecule has 0 bridgehead atoms. The van der Waals surface area contributed by atoms with Gasteiger partial charge in [0.2, 0.25) is 0 Å². The number of Topliss-reactive ketones (excluding diaryl/α,β-unsaturated/α-hetero) is 1. The maximum atomic E-state index is 12.0. The molecule has 0 N–H and O–H groups in total. The summed E-state index contributed by atoms with van der Waals surface area (Å²) >= 11 is 3.41. The molecule has 1 rings (SSSR count). The fourth-order valence-corrected chi connectivity index (χ4v) is 1.84.